The van der Waals surface area contributed by atoms with E-state index < -0.39 is 5.97 Å². The van der Waals surface area contributed by atoms with Crippen LogP contribution in [0.5, 0.6) is 0 Å². The van der Waals surface area contributed by atoms with Gasteiger partial charge in [0.1, 0.15) is 0 Å². The van der Waals surface area contributed by atoms with E-state index in [1.807, 2.05) is 42.5 Å². The lowest BCUT2D eigenvalue weighted by Gasteiger charge is -2.18. The second kappa shape index (κ2) is 9.61. The number of hydrogen-bond donors (Lipinski definition) is 1. The molecule has 1 aliphatic heterocycles. The summed E-state index contributed by atoms with van der Waals surface area (Å²) in [6, 6.07) is 15.2. The van der Waals surface area contributed by atoms with Crippen molar-refractivity contribution in [1.82, 2.24) is 0 Å². The number of para-hydroxylation sites is 2. The Morgan fingerprint density at radius 3 is 2.70 bits per heavy atom. The fraction of sp³-hybridized carbons (Fsp3) is 0.360. The molecule has 1 N–H and O–H groups in total. The fourth-order valence-electron chi connectivity index (χ4n) is 4.18. The molecular formula is C25H28N2O3. The summed E-state index contributed by atoms with van der Waals surface area (Å²) in [6.07, 6.45) is 9.06. The molecule has 4 rings (SSSR count). The molecule has 0 atom stereocenters. The number of anilines is 2. The van der Waals surface area contributed by atoms with E-state index in [1.165, 1.54) is 31.3 Å². The van der Waals surface area contributed by atoms with Crippen LogP contribution in [0.1, 0.15) is 48.0 Å². The summed E-state index contributed by atoms with van der Waals surface area (Å²) in [7, 11) is 0. The van der Waals surface area contributed by atoms with E-state index in [0.717, 1.165) is 36.3 Å². The number of carbonyl (C=O) groups excluding carboxylic acids is 2. The highest BCUT2D eigenvalue weighted by molar-refractivity contribution is 6.00. The van der Waals surface area contributed by atoms with E-state index in [-0.39, 0.29) is 12.5 Å². The maximum absolute atomic E-state index is 12.7. The average Bonchev–Trinajstić information content (AvgIpc) is 3.23. The predicted molar refractivity (Wildman–Crippen MR) is 119 cm³/mol. The lowest BCUT2D eigenvalue weighted by atomic mass is 9.97. The third kappa shape index (κ3) is 4.73. The molecule has 0 radical (unpaired) electrons. The van der Waals surface area contributed by atoms with Crippen LogP contribution >= 0.6 is 0 Å². The molecule has 1 amide bonds. The Balaban J connectivity index is 1.32. The minimum Gasteiger partial charge on any atom is -0.452 e. The van der Waals surface area contributed by atoms with Gasteiger partial charge >= 0.3 is 5.97 Å². The van der Waals surface area contributed by atoms with Gasteiger partial charge in [0.15, 0.2) is 6.61 Å². The van der Waals surface area contributed by atoms with Crippen LogP contribution < -0.4 is 10.2 Å². The Kier molecular flexibility index (Phi) is 6.47. The Morgan fingerprint density at radius 2 is 1.83 bits per heavy atom. The van der Waals surface area contributed by atoms with Crippen molar-refractivity contribution in [2.45, 2.75) is 38.5 Å². The smallest absolute Gasteiger partial charge is 0.340 e. The van der Waals surface area contributed by atoms with Crippen LogP contribution in [0.2, 0.25) is 0 Å². The van der Waals surface area contributed by atoms with Crippen LogP contribution in [0.3, 0.4) is 0 Å². The molecule has 0 aromatic heterocycles. The predicted octanol–water partition coefficient (Wildman–Crippen LogP) is 4.74. The number of fused-ring (bicyclic) bond motifs is 1. The van der Waals surface area contributed by atoms with Crippen LogP contribution in [0.25, 0.3) is 0 Å². The van der Waals surface area contributed by atoms with E-state index in [0.29, 0.717) is 12.1 Å². The van der Waals surface area contributed by atoms with Gasteiger partial charge in [-0.25, -0.2) is 4.79 Å². The zero-order valence-electron chi connectivity index (χ0n) is 17.2. The van der Waals surface area contributed by atoms with Crippen LogP contribution in [0, 0.1) is 0 Å². The zero-order chi connectivity index (χ0) is 20.8. The van der Waals surface area contributed by atoms with Crippen LogP contribution in [0.15, 0.2) is 60.2 Å². The first-order valence-electron chi connectivity index (χ1n) is 10.8. The standard InChI is InChI=1S/C25H28N2O3/c28-24(27-17-15-20-10-4-7-13-23(20)27)18-30-25(29)21-11-5-6-12-22(21)26-16-14-19-8-2-1-3-9-19/h4-8,10-13,26H,1-3,9,14-18H2. The molecule has 0 spiro atoms. The van der Waals surface area contributed by atoms with Gasteiger partial charge in [0.05, 0.1) is 5.56 Å². The summed E-state index contributed by atoms with van der Waals surface area (Å²) in [6.45, 7) is 1.15. The van der Waals surface area contributed by atoms with Gasteiger partial charge in [0.25, 0.3) is 5.91 Å². The SMILES string of the molecule is O=C(OCC(=O)N1CCc2ccccc21)c1ccccc1NCCC1=CCCCC1. The fourth-order valence-corrected chi connectivity index (χ4v) is 4.18. The van der Waals surface area contributed by atoms with Crippen molar-refractivity contribution in [2.24, 2.45) is 0 Å². The normalized spacial score (nSPS) is 15.3. The highest BCUT2D eigenvalue weighted by Crippen LogP contribution is 2.27. The Hall–Kier alpha value is -3.08. The van der Waals surface area contributed by atoms with E-state index >= 15 is 0 Å². The van der Waals surface area contributed by atoms with E-state index in [9.17, 15) is 9.59 Å². The number of hydrogen-bond acceptors (Lipinski definition) is 4. The zero-order valence-corrected chi connectivity index (χ0v) is 17.2. The van der Waals surface area contributed by atoms with Crippen molar-refractivity contribution in [2.75, 3.05) is 29.9 Å². The number of ether oxygens (including phenoxy) is 1. The first kappa shape index (κ1) is 20.2. The summed E-state index contributed by atoms with van der Waals surface area (Å²) in [5, 5.41) is 3.36. The molecule has 2 aromatic rings. The molecule has 1 heterocycles. The number of esters is 1. The second-order valence-corrected chi connectivity index (χ2v) is 7.83. The second-order valence-electron chi connectivity index (χ2n) is 7.83. The van der Waals surface area contributed by atoms with Crippen molar-refractivity contribution < 1.29 is 14.3 Å². The third-order valence-electron chi connectivity index (χ3n) is 5.81. The summed E-state index contributed by atoms with van der Waals surface area (Å²) in [5.74, 6) is -0.668. The maximum Gasteiger partial charge on any atom is 0.340 e. The molecule has 0 saturated heterocycles. The minimum absolute atomic E-state index is 0.192. The largest absolute Gasteiger partial charge is 0.452 e. The number of rotatable bonds is 7. The molecule has 0 unspecified atom stereocenters. The third-order valence-corrected chi connectivity index (χ3v) is 5.81. The van der Waals surface area contributed by atoms with Gasteiger partial charge in [0.2, 0.25) is 0 Å². The van der Waals surface area contributed by atoms with Gasteiger partial charge < -0.3 is 15.0 Å². The van der Waals surface area contributed by atoms with Crippen LogP contribution in [-0.2, 0) is 16.0 Å². The topological polar surface area (TPSA) is 58.6 Å². The van der Waals surface area contributed by atoms with E-state index in [1.54, 1.807) is 11.0 Å². The lowest BCUT2D eigenvalue weighted by molar-refractivity contribution is -0.121. The van der Waals surface area contributed by atoms with Crippen LogP contribution in [-0.4, -0.2) is 31.6 Å². The summed E-state index contributed by atoms with van der Waals surface area (Å²) >= 11 is 0. The first-order chi connectivity index (χ1) is 14.7. The first-order valence-corrected chi connectivity index (χ1v) is 10.8. The molecule has 5 nitrogen and oxygen atoms in total. The van der Waals surface area contributed by atoms with Crippen molar-refractivity contribution in [3.63, 3.8) is 0 Å². The molecule has 0 saturated carbocycles. The summed E-state index contributed by atoms with van der Waals surface area (Å²) in [4.78, 5) is 27.0. The van der Waals surface area contributed by atoms with E-state index in [2.05, 4.69) is 11.4 Å². The van der Waals surface area contributed by atoms with Gasteiger partial charge in [-0.15, -0.1) is 0 Å². The Bertz CT molecular complexity index is 951. The van der Waals surface area contributed by atoms with Gasteiger partial charge in [-0.2, -0.15) is 0 Å². The monoisotopic (exact) mass is 404 g/mol. The highest BCUT2D eigenvalue weighted by atomic mass is 16.5. The average molecular weight is 405 g/mol. The summed E-state index contributed by atoms with van der Waals surface area (Å²) < 4.78 is 5.37. The van der Waals surface area contributed by atoms with Gasteiger partial charge in [-0.3, -0.25) is 4.79 Å². The van der Waals surface area contributed by atoms with Crippen molar-refractivity contribution in [3.05, 3.63) is 71.3 Å². The number of carbonyl (C=O) groups is 2. The van der Waals surface area contributed by atoms with Crippen molar-refractivity contribution >= 4 is 23.3 Å². The molecule has 5 heteroatoms. The molecule has 1 aliphatic carbocycles. The minimum atomic E-state index is -0.476. The van der Waals surface area contributed by atoms with E-state index in [4.69, 9.17) is 4.74 Å². The Labute approximate surface area is 177 Å². The maximum atomic E-state index is 12.7. The quantitative estimate of drug-likeness (QED) is 0.535. The molecule has 2 aliphatic rings. The molecule has 0 fully saturated rings. The lowest BCUT2D eigenvalue weighted by Crippen LogP contribution is -2.33. The number of nitrogens with one attached hydrogen (secondary N) is 1. The van der Waals surface area contributed by atoms with Gasteiger partial charge in [-0.1, -0.05) is 42.0 Å². The van der Waals surface area contributed by atoms with Crippen molar-refractivity contribution in [1.29, 1.82) is 0 Å². The van der Waals surface area contributed by atoms with Gasteiger partial charge in [0, 0.05) is 24.5 Å². The number of allylic oxidation sites excluding steroid dienone is 1. The molecule has 30 heavy (non-hydrogen) atoms. The number of nitrogens with zero attached hydrogens (tertiary/aromatic N) is 1. The van der Waals surface area contributed by atoms with Crippen molar-refractivity contribution in [3.8, 4) is 0 Å². The summed E-state index contributed by atoms with van der Waals surface area (Å²) in [5.41, 5.74) is 4.77. The molecular weight excluding hydrogens is 376 g/mol. The highest BCUT2D eigenvalue weighted by Gasteiger charge is 2.25. The molecule has 156 valence electrons. The Morgan fingerprint density at radius 1 is 1.00 bits per heavy atom. The molecule has 2 aromatic carbocycles. The van der Waals surface area contributed by atoms with Gasteiger partial charge in [-0.05, 0) is 62.3 Å². The molecule has 0 bridgehead atoms. The number of amides is 1. The number of benzene rings is 2. The van der Waals surface area contributed by atoms with Crippen LogP contribution in [0.4, 0.5) is 11.4 Å².